The molecule has 108 valence electrons. The molecule has 0 spiro atoms. The molecule has 0 unspecified atom stereocenters. The molecule has 2 aromatic heterocycles. The number of aromatic nitrogens is 5. The lowest BCUT2D eigenvalue weighted by atomic mass is 9.96. The number of hydrogen-bond acceptors (Lipinski definition) is 5. The molecule has 1 N–H and O–H groups in total. The highest BCUT2D eigenvalue weighted by atomic mass is 35.5. The molecule has 0 saturated carbocycles. The standard InChI is InChI=1S/C13H19ClN6/c1-13(2,3)12-17-10(14)9-11(18-12)15-5-4-7-20-8-6-16-19-20/h6,8-9H,4-5,7H2,1-3H3,(H,15,17,18). The average Bonchev–Trinajstić information content (AvgIpc) is 2.86. The molecule has 0 aromatic carbocycles. The smallest absolute Gasteiger partial charge is 0.137 e. The summed E-state index contributed by atoms with van der Waals surface area (Å²) in [5.41, 5.74) is -0.123. The van der Waals surface area contributed by atoms with Crippen LogP contribution in [0, 0.1) is 0 Å². The van der Waals surface area contributed by atoms with E-state index in [4.69, 9.17) is 11.6 Å². The van der Waals surface area contributed by atoms with E-state index in [0.717, 1.165) is 31.2 Å². The van der Waals surface area contributed by atoms with Crippen molar-refractivity contribution in [3.05, 3.63) is 29.4 Å². The Morgan fingerprint density at radius 1 is 1.30 bits per heavy atom. The van der Waals surface area contributed by atoms with Gasteiger partial charge in [0.25, 0.3) is 0 Å². The van der Waals surface area contributed by atoms with Gasteiger partial charge in [-0.15, -0.1) is 5.10 Å². The molecule has 2 rings (SSSR count). The van der Waals surface area contributed by atoms with Gasteiger partial charge in [-0.25, -0.2) is 9.97 Å². The van der Waals surface area contributed by atoms with E-state index < -0.39 is 0 Å². The van der Waals surface area contributed by atoms with Crippen LogP contribution in [0.15, 0.2) is 18.5 Å². The fourth-order valence-corrected chi connectivity index (χ4v) is 1.84. The maximum Gasteiger partial charge on any atom is 0.137 e. The molecule has 0 amide bonds. The van der Waals surface area contributed by atoms with Gasteiger partial charge in [0, 0.05) is 30.8 Å². The Morgan fingerprint density at radius 2 is 2.10 bits per heavy atom. The third kappa shape index (κ3) is 4.16. The number of nitrogens with one attached hydrogen (secondary N) is 1. The summed E-state index contributed by atoms with van der Waals surface area (Å²) in [6.45, 7) is 7.79. The van der Waals surface area contributed by atoms with Crippen molar-refractivity contribution in [1.82, 2.24) is 25.0 Å². The molecule has 0 aliphatic heterocycles. The van der Waals surface area contributed by atoms with Gasteiger partial charge < -0.3 is 5.32 Å². The molecule has 0 saturated heterocycles. The van der Waals surface area contributed by atoms with Crippen molar-refractivity contribution < 1.29 is 0 Å². The SMILES string of the molecule is CC(C)(C)c1nc(Cl)cc(NCCCn2ccnn2)n1. The van der Waals surface area contributed by atoms with Gasteiger partial charge in [0.2, 0.25) is 0 Å². The molecule has 0 aliphatic carbocycles. The van der Waals surface area contributed by atoms with Crippen molar-refractivity contribution in [2.75, 3.05) is 11.9 Å². The predicted octanol–water partition coefficient (Wildman–Crippen LogP) is 2.52. The summed E-state index contributed by atoms with van der Waals surface area (Å²) < 4.78 is 1.80. The molecule has 0 atom stereocenters. The van der Waals surface area contributed by atoms with E-state index in [1.807, 2.05) is 6.20 Å². The van der Waals surface area contributed by atoms with Crippen molar-refractivity contribution in [2.45, 2.75) is 39.2 Å². The lowest BCUT2D eigenvalue weighted by Crippen LogP contribution is -2.17. The van der Waals surface area contributed by atoms with Crippen molar-refractivity contribution in [2.24, 2.45) is 0 Å². The molecule has 2 aromatic rings. The largest absolute Gasteiger partial charge is 0.370 e. The fraction of sp³-hybridized carbons (Fsp3) is 0.538. The molecule has 2 heterocycles. The number of hydrogen-bond donors (Lipinski definition) is 1. The number of anilines is 1. The normalized spacial score (nSPS) is 11.6. The second kappa shape index (κ2) is 6.17. The second-order valence-electron chi connectivity index (χ2n) is 5.60. The highest BCUT2D eigenvalue weighted by Gasteiger charge is 2.18. The summed E-state index contributed by atoms with van der Waals surface area (Å²) in [5.74, 6) is 1.50. The first-order chi connectivity index (χ1) is 9.45. The minimum Gasteiger partial charge on any atom is -0.370 e. The Bertz CT molecular complexity index is 546. The van der Waals surface area contributed by atoms with Crippen LogP contribution in [0.1, 0.15) is 33.0 Å². The van der Waals surface area contributed by atoms with Crippen LogP contribution in [-0.2, 0) is 12.0 Å². The number of rotatable bonds is 5. The van der Waals surface area contributed by atoms with E-state index in [0.29, 0.717) is 5.15 Å². The summed E-state index contributed by atoms with van der Waals surface area (Å²) in [6, 6.07) is 1.74. The molecule has 0 aliphatic rings. The van der Waals surface area contributed by atoms with Crippen LogP contribution in [0.5, 0.6) is 0 Å². The minimum absolute atomic E-state index is 0.123. The highest BCUT2D eigenvalue weighted by Crippen LogP contribution is 2.22. The topological polar surface area (TPSA) is 68.5 Å². The fourth-order valence-electron chi connectivity index (χ4n) is 1.65. The Kier molecular flexibility index (Phi) is 4.54. The van der Waals surface area contributed by atoms with Crippen molar-refractivity contribution in [3.8, 4) is 0 Å². The summed E-state index contributed by atoms with van der Waals surface area (Å²) in [7, 11) is 0. The average molecular weight is 295 g/mol. The van der Waals surface area contributed by atoms with Crippen LogP contribution in [0.2, 0.25) is 5.15 Å². The number of halogens is 1. The van der Waals surface area contributed by atoms with Gasteiger partial charge in [-0.05, 0) is 6.42 Å². The van der Waals surface area contributed by atoms with Gasteiger partial charge in [-0.1, -0.05) is 37.6 Å². The van der Waals surface area contributed by atoms with Crippen molar-refractivity contribution in [3.63, 3.8) is 0 Å². The monoisotopic (exact) mass is 294 g/mol. The van der Waals surface area contributed by atoms with Crippen LogP contribution >= 0.6 is 11.6 Å². The Hall–Kier alpha value is -1.69. The molecule has 6 nitrogen and oxygen atoms in total. The summed E-state index contributed by atoms with van der Waals surface area (Å²) in [4.78, 5) is 8.76. The van der Waals surface area contributed by atoms with E-state index in [1.54, 1.807) is 16.9 Å². The zero-order chi connectivity index (χ0) is 14.6. The van der Waals surface area contributed by atoms with Gasteiger partial charge in [0.1, 0.15) is 16.8 Å². The lowest BCUT2D eigenvalue weighted by Gasteiger charge is -2.17. The summed E-state index contributed by atoms with van der Waals surface area (Å²) in [6.07, 6.45) is 4.45. The van der Waals surface area contributed by atoms with Crippen LogP contribution < -0.4 is 5.32 Å². The highest BCUT2D eigenvalue weighted by molar-refractivity contribution is 6.29. The maximum atomic E-state index is 6.04. The Balaban J connectivity index is 1.91. The first-order valence-electron chi connectivity index (χ1n) is 6.58. The number of aryl methyl sites for hydroxylation is 1. The first-order valence-corrected chi connectivity index (χ1v) is 6.96. The molecule has 20 heavy (non-hydrogen) atoms. The molecular formula is C13H19ClN6. The van der Waals surface area contributed by atoms with Gasteiger partial charge in [0.05, 0.1) is 6.20 Å². The zero-order valence-corrected chi connectivity index (χ0v) is 12.7. The van der Waals surface area contributed by atoms with E-state index in [-0.39, 0.29) is 5.41 Å². The lowest BCUT2D eigenvalue weighted by molar-refractivity contribution is 0.545. The Labute approximate surface area is 123 Å². The maximum absolute atomic E-state index is 6.04. The van der Waals surface area contributed by atoms with Crippen molar-refractivity contribution >= 4 is 17.4 Å². The van der Waals surface area contributed by atoms with Gasteiger partial charge >= 0.3 is 0 Å². The second-order valence-corrected chi connectivity index (χ2v) is 5.98. The molecule has 0 bridgehead atoms. The molecule has 0 fully saturated rings. The number of nitrogens with zero attached hydrogens (tertiary/aromatic N) is 5. The third-order valence-corrected chi connectivity index (χ3v) is 2.90. The van der Waals surface area contributed by atoms with E-state index in [2.05, 4.69) is 46.4 Å². The van der Waals surface area contributed by atoms with Gasteiger partial charge in [-0.3, -0.25) is 4.68 Å². The predicted molar refractivity (Wildman–Crippen MR) is 78.9 cm³/mol. The van der Waals surface area contributed by atoms with Crippen LogP contribution in [-0.4, -0.2) is 31.5 Å². The summed E-state index contributed by atoms with van der Waals surface area (Å²) in [5, 5.41) is 11.4. The van der Waals surface area contributed by atoms with Crippen LogP contribution in [0.4, 0.5) is 5.82 Å². The quantitative estimate of drug-likeness (QED) is 0.678. The Morgan fingerprint density at radius 3 is 2.75 bits per heavy atom. The van der Waals surface area contributed by atoms with E-state index >= 15 is 0 Å². The van der Waals surface area contributed by atoms with E-state index in [1.165, 1.54) is 0 Å². The van der Waals surface area contributed by atoms with Crippen LogP contribution in [0.25, 0.3) is 0 Å². The van der Waals surface area contributed by atoms with E-state index in [9.17, 15) is 0 Å². The molecule has 0 radical (unpaired) electrons. The van der Waals surface area contributed by atoms with Gasteiger partial charge in [-0.2, -0.15) is 0 Å². The molecular weight excluding hydrogens is 276 g/mol. The van der Waals surface area contributed by atoms with Gasteiger partial charge in [0.15, 0.2) is 0 Å². The zero-order valence-electron chi connectivity index (χ0n) is 12.0. The summed E-state index contributed by atoms with van der Waals surface area (Å²) >= 11 is 6.04. The van der Waals surface area contributed by atoms with Crippen molar-refractivity contribution in [1.29, 1.82) is 0 Å². The third-order valence-electron chi connectivity index (χ3n) is 2.71. The first kappa shape index (κ1) is 14.7. The minimum atomic E-state index is -0.123. The molecule has 7 heteroatoms. The van der Waals surface area contributed by atoms with Crippen LogP contribution in [0.3, 0.4) is 0 Å².